The monoisotopic (exact) mass is 449 g/mol. The molecule has 2 amide bonds. The minimum absolute atomic E-state index is 0.348. The topological polar surface area (TPSA) is 82.8 Å². The molecule has 2 fully saturated rings. The van der Waals surface area contributed by atoms with E-state index in [-0.39, 0.29) is 0 Å². The molecule has 1 aromatic carbocycles. The van der Waals surface area contributed by atoms with Crippen molar-refractivity contribution in [1.29, 1.82) is 0 Å². The van der Waals surface area contributed by atoms with E-state index in [4.69, 9.17) is 5.73 Å². The van der Waals surface area contributed by atoms with Crippen LogP contribution in [0.3, 0.4) is 0 Å². The quantitative estimate of drug-likeness (QED) is 0.595. The number of carbonyl (C=O) groups excluding carboxylic acids is 2. The lowest BCUT2D eigenvalue weighted by Crippen LogP contribution is -2.54. The maximum Gasteiger partial charge on any atom is 0.244 e. The summed E-state index contributed by atoms with van der Waals surface area (Å²) in [7, 11) is 0. The number of rotatable bonds is 9. The first kappa shape index (κ1) is 23.4. The number of aromatic nitrogens is 1. The van der Waals surface area contributed by atoms with Crippen molar-refractivity contribution >= 4 is 12.3 Å². The van der Waals surface area contributed by atoms with Gasteiger partial charge in [0.1, 0.15) is 6.04 Å². The zero-order valence-electron chi connectivity index (χ0n) is 19.3. The van der Waals surface area contributed by atoms with Crippen LogP contribution in [0.5, 0.6) is 0 Å². The van der Waals surface area contributed by atoms with Gasteiger partial charge in [0.05, 0.1) is 0 Å². The normalized spacial score (nSPS) is 23.0. The molecule has 2 N–H and O–H groups in total. The summed E-state index contributed by atoms with van der Waals surface area (Å²) in [6.07, 6.45) is 9.12. The van der Waals surface area contributed by atoms with Gasteiger partial charge in [0.25, 0.3) is 0 Å². The van der Waals surface area contributed by atoms with Crippen molar-refractivity contribution in [3.05, 3.63) is 66.0 Å². The van der Waals surface area contributed by atoms with Gasteiger partial charge < -0.3 is 10.6 Å². The predicted octanol–water partition coefficient (Wildman–Crippen LogP) is 2.44. The van der Waals surface area contributed by atoms with E-state index in [0.29, 0.717) is 18.5 Å². The lowest BCUT2D eigenvalue weighted by Gasteiger charge is -2.45. The number of nitrogens with two attached hydrogens (primary N) is 1. The van der Waals surface area contributed by atoms with Crippen molar-refractivity contribution in [2.24, 2.45) is 11.7 Å². The highest BCUT2D eigenvalue weighted by Gasteiger charge is 2.35. The molecule has 1 aliphatic heterocycles. The van der Waals surface area contributed by atoms with E-state index >= 15 is 0 Å². The van der Waals surface area contributed by atoms with Crippen molar-refractivity contribution in [3.8, 4) is 0 Å². The number of hydrogen-bond donors (Lipinski definition) is 1. The third-order valence-electron chi connectivity index (χ3n) is 7.20. The summed E-state index contributed by atoms with van der Waals surface area (Å²) in [5, 5.41) is 0. The molecule has 7 nitrogen and oxygen atoms in total. The molecule has 1 aromatic heterocycles. The van der Waals surface area contributed by atoms with E-state index < -0.39 is 11.9 Å². The average molecular weight is 450 g/mol. The van der Waals surface area contributed by atoms with Crippen LogP contribution in [0.2, 0.25) is 0 Å². The van der Waals surface area contributed by atoms with Gasteiger partial charge in [-0.15, -0.1) is 0 Å². The molecular formula is C26H35N5O2. The number of primary amides is 1. The second-order valence-electron chi connectivity index (χ2n) is 9.30. The summed E-state index contributed by atoms with van der Waals surface area (Å²) in [5.41, 5.74) is 7.82. The second-order valence-corrected chi connectivity index (χ2v) is 9.30. The Morgan fingerprint density at radius 1 is 1.06 bits per heavy atom. The van der Waals surface area contributed by atoms with Gasteiger partial charge in [-0.2, -0.15) is 0 Å². The van der Waals surface area contributed by atoms with Gasteiger partial charge in [0.2, 0.25) is 12.3 Å². The molecule has 1 saturated heterocycles. The number of pyridine rings is 1. The molecule has 176 valence electrons. The van der Waals surface area contributed by atoms with Crippen LogP contribution >= 0.6 is 0 Å². The Hall–Kier alpha value is -2.77. The van der Waals surface area contributed by atoms with Gasteiger partial charge in [0.15, 0.2) is 0 Å². The molecule has 0 spiro atoms. The van der Waals surface area contributed by atoms with Crippen molar-refractivity contribution in [3.63, 3.8) is 0 Å². The van der Waals surface area contributed by atoms with Crippen LogP contribution in [-0.2, 0) is 16.1 Å². The zero-order chi connectivity index (χ0) is 23.0. The van der Waals surface area contributed by atoms with E-state index in [1.54, 1.807) is 4.90 Å². The first-order valence-electron chi connectivity index (χ1n) is 12.1. The lowest BCUT2D eigenvalue weighted by molar-refractivity contribution is -0.132. The number of carbonyl (C=O) groups is 2. The molecule has 0 unspecified atom stereocenters. The van der Waals surface area contributed by atoms with Crippen molar-refractivity contribution in [2.75, 3.05) is 32.7 Å². The number of nitrogens with zero attached hydrogens (tertiary/aromatic N) is 4. The maximum atomic E-state index is 12.3. The van der Waals surface area contributed by atoms with Crippen LogP contribution in [-0.4, -0.2) is 70.8 Å². The van der Waals surface area contributed by atoms with Crippen LogP contribution < -0.4 is 5.73 Å². The summed E-state index contributed by atoms with van der Waals surface area (Å²) in [4.78, 5) is 35.2. The molecule has 1 saturated carbocycles. The third-order valence-corrected chi connectivity index (χ3v) is 7.20. The number of hydrogen-bond acceptors (Lipinski definition) is 5. The molecule has 3 atom stereocenters. The smallest absolute Gasteiger partial charge is 0.244 e. The Morgan fingerprint density at radius 3 is 2.42 bits per heavy atom. The molecule has 2 aliphatic rings. The fourth-order valence-corrected chi connectivity index (χ4v) is 5.52. The van der Waals surface area contributed by atoms with Crippen molar-refractivity contribution in [2.45, 2.75) is 44.3 Å². The molecule has 7 heteroatoms. The van der Waals surface area contributed by atoms with Gasteiger partial charge in [0, 0.05) is 57.7 Å². The molecule has 33 heavy (non-hydrogen) atoms. The molecule has 2 heterocycles. The van der Waals surface area contributed by atoms with Gasteiger partial charge in [-0.3, -0.25) is 24.4 Å². The molecule has 2 aromatic rings. The molecule has 4 rings (SSSR count). The highest BCUT2D eigenvalue weighted by Crippen LogP contribution is 2.32. The fraction of sp³-hybridized carbons (Fsp3) is 0.500. The van der Waals surface area contributed by atoms with Crippen molar-refractivity contribution < 1.29 is 9.59 Å². The summed E-state index contributed by atoms with van der Waals surface area (Å²) >= 11 is 0. The van der Waals surface area contributed by atoms with E-state index in [2.05, 4.69) is 26.9 Å². The summed E-state index contributed by atoms with van der Waals surface area (Å²) in [6.45, 7) is 5.67. The second kappa shape index (κ2) is 11.4. The number of amides is 2. The summed E-state index contributed by atoms with van der Waals surface area (Å²) in [5.74, 6) is -0.133. The first-order valence-corrected chi connectivity index (χ1v) is 12.1. The minimum Gasteiger partial charge on any atom is -0.368 e. The first-order chi connectivity index (χ1) is 16.2. The van der Waals surface area contributed by atoms with Crippen LogP contribution in [0, 0.1) is 5.92 Å². The molecule has 0 bridgehead atoms. The summed E-state index contributed by atoms with van der Waals surface area (Å²) < 4.78 is 0. The molecular weight excluding hydrogens is 414 g/mol. The zero-order valence-corrected chi connectivity index (χ0v) is 19.3. The van der Waals surface area contributed by atoms with Crippen LogP contribution in [0.15, 0.2) is 54.9 Å². The Bertz CT molecular complexity index is 886. The number of piperazine rings is 1. The van der Waals surface area contributed by atoms with Gasteiger partial charge in [-0.1, -0.05) is 43.2 Å². The van der Waals surface area contributed by atoms with Gasteiger partial charge in [-0.05, 0) is 42.0 Å². The van der Waals surface area contributed by atoms with Crippen LogP contribution in [0.25, 0.3) is 0 Å². The van der Waals surface area contributed by atoms with Crippen molar-refractivity contribution in [1.82, 2.24) is 19.7 Å². The predicted molar refractivity (Wildman–Crippen MR) is 128 cm³/mol. The Kier molecular flexibility index (Phi) is 8.07. The van der Waals surface area contributed by atoms with Gasteiger partial charge >= 0.3 is 0 Å². The van der Waals surface area contributed by atoms with E-state index in [1.807, 2.05) is 42.7 Å². The molecule has 1 aliphatic carbocycles. The highest BCUT2D eigenvalue weighted by atomic mass is 16.2. The largest absolute Gasteiger partial charge is 0.368 e. The van der Waals surface area contributed by atoms with Crippen LogP contribution in [0.4, 0.5) is 0 Å². The molecule has 0 radical (unpaired) electrons. The Balaban J connectivity index is 1.39. The SMILES string of the molecule is NC(=O)[C@H](c1ccccc1)N(C=O)C[C@@H]1CCCC[C@H]1N1CCN(Cc2ccncc2)CC1. The average Bonchev–Trinajstić information content (AvgIpc) is 2.85. The Labute approximate surface area is 196 Å². The minimum atomic E-state index is -0.719. The maximum absolute atomic E-state index is 12.3. The van der Waals surface area contributed by atoms with Gasteiger partial charge in [-0.25, -0.2) is 0 Å². The van der Waals surface area contributed by atoms with Crippen LogP contribution in [0.1, 0.15) is 42.9 Å². The Morgan fingerprint density at radius 2 is 1.76 bits per heavy atom. The number of benzene rings is 1. The van der Waals surface area contributed by atoms with E-state index in [9.17, 15) is 9.59 Å². The van der Waals surface area contributed by atoms with E-state index in [1.165, 1.54) is 18.4 Å². The van der Waals surface area contributed by atoms with E-state index in [0.717, 1.165) is 57.5 Å². The fourth-order valence-electron chi connectivity index (χ4n) is 5.52. The highest BCUT2D eigenvalue weighted by molar-refractivity contribution is 5.83. The summed E-state index contributed by atoms with van der Waals surface area (Å²) in [6, 6.07) is 13.3. The third kappa shape index (κ3) is 5.97. The standard InChI is InChI=1S/C26H35N5O2/c27-26(33)25(22-6-2-1-3-7-22)31(20-32)19-23-8-4-5-9-24(23)30-16-14-29(15-17-30)18-21-10-12-28-13-11-21/h1-3,6-7,10-13,20,23-25H,4-5,8-9,14-19H2,(H2,27,33)/t23-,24+,25-/m0/s1. The lowest BCUT2D eigenvalue weighted by atomic mass is 9.82.